The van der Waals surface area contributed by atoms with Crippen LogP contribution in [0, 0.1) is 0 Å². The number of aliphatic hydroxyl groups excluding tert-OH is 1. The first kappa shape index (κ1) is 15.5. The van der Waals surface area contributed by atoms with Crippen LogP contribution in [0.4, 0.5) is 0 Å². The fraction of sp³-hybridized carbons (Fsp3) is 0.600. The highest BCUT2D eigenvalue weighted by Gasteiger charge is 2.29. The van der Waals surface area contributed by atoms with E-state index in [-0.39, 0.29) is 6.61 Å². The van der Waals surface area contributed by atoms with E-state index in [9.17, 15) is 8.42 Å². The lowest BCUT2D eigenvalue weighted by molar-refractivity contribution is 0.233. The van der Waals surface area contributed by atoms with Crippen molar-refractivity contribution < 1.29 is 13.5 Å². The second kappa shape index (κ2) is 5.84. The van der Waals surface area contributed by atoms with Crippen LogP contribution >= 0.6 is 0 Å². The lowest BCUT2D eigenvalue weighted by Crippen LogP contribution is -2.46. The monoisotopic (exact) mass is 297 g/mol. The normalized spacial score (nSPS) is 17.8. The molecule has 20 heavy (non-hydrogen) atoms. The molecule has 1 aromatic carbocycles. The summed E-state index contributed by atoms with van der Waals surface area (Å²) >= 11 is 0. The van der Waals surface area contributed by atoms with E-state index in [2.05, 4.69) is 4.72 Å². The Labute approximate surface area is 121 Å². The van der Waals surface area contributed by atoms with Crippen LogP contribution in [0.15, 0.2) is 23.1 Å². The average molecular weight is 297 g/mol. The highest BCUT2D eigenvalue weighted by atomic mass is 32.2. The molecule has 2 N–H and O–H groups in total. The molecule has 0 spiro atoms. The molecule has 2 rings (SSSR count). The molecule has 0 saturated heterocycles. The molecule has 1 unspecified atom stereocenters. The Balaban J connectivity index is 2.26. The summed E-state index contributed by atoms with van der Waals surface area (Å²) in [4.78, 5) is 0.329. The quantitative estimate of drug-likeness (QED) is 0.844. The summed E-state index contributed by atoms with van der Waals surface area (Å²) in [5.41, 5.74) is 1.80. The van der Waals surface area contributed by atoms with Crippen LogP contribution in [0.3, 0.4) is 0 Å². The summed E-state index contributed by atoms with van der Waals surface area (Å²) in [5, 5.41) is 9.09. The van der Waals surface area contributed by atoms with Crippen LogP contribution in [0.25, 0.3) is 0 Å². The zero-order chi connectivity index (χ0) is 14.8. The maximum absolute atomic E-state index is 12.5. The molecule has 0 saturated carbocycles. The Morgan fingerprint density at radius 1 is 1.30 bits per heavy atom. The van der Waals surface area contributed by atoms with E-state index in [1.54, 1.807) is 12.1 Å². The molecule has 1 aromatic rings. The number of fused-ring (bicyclic) bond motifs is 1. The van der Waals surface area contributed by atoms with E-state index in [1.807, 2.05) is 19.9 Å². The number of aryl methyl sites for hydroxylation is 2. The van der Waals surface area contributed by atoms with Gasteiger partial charge < -0.3 is 5.11 Å². The Morgan fingerprint density at radius 3 is 2.65 bits per heavy atom. The third kappa shape index (κ3) is 3.22. The predicted octanol–water partition coefficient (Wildman–Crippen LogP) is 2.00. The number of benzene rings is 1. The maximum Gasteiger partial charge on any atom is 0.241 e. The minimum absolute atomic E-state index is 0.0307. The molecule has 0 amide bonds. The molecule has 0 heterocycles. The first-order chi connectivity index (χ1) is 9.40. The fourth-order valence-corrected chi connectivity index (χ4v) is 4.20. The van der Waals surface area contributed by atoms with E-state index in [0.29, 0.717) is 17.7 Å². The molecule has 1 aliphatic rings. The molecule has 1 atom stereocenters. The van der Waals surface area contributed by atoms with Gasteiger partial charge in [-0.05, 0) is 62.3 Å². The zero-order valence-electron chi connectivity index (χ0n) is 12.1. The SMILES string of the molecule is CCC(C)(CCO)NS(=O)(=O)c1ccc2c(c1)CCC2. The first-order valence-electron chi connectivity index (χ1n) is 7.17. The van der Waals surface area contributed by atoms with Crippen molar-refractivity contribution in [3.05, 3.63) is 29.3 Å². The number of hydrogen-bond acceptors (Lipinski definition) is 3. The number of rotatable bonds is 6. The van der Waals surface area contributed by atoms with Crippen molar-refractivity contribution in [2.24, 2.45) is 0 Å². The van der Waals surface area contributed by atoms with Crippen LogP contribution in [0.5, 0.6) is 0 Å². The molecule has 0 fully saturated rings. The van der Waals surface area contributed by atoms with Gasteiger partial charge in [0.2, 0.25) is 10.0 Å². The minimum Gasteiger partial charge on any atom is -0.396 e. The van der Waals surface area contributed by atoms with Crippen LogP contribution in [-0.4, -0.2) is 25.7 Å². The van der Waals surface area contributed by atoms with E-state index in [4.69, 9.17) is 5.11 Å². The van der Waals surface area contributed by atoms with Gasteiger partial charge in [-0.15, -0.1) is 0 Å². The number of aliphatic hydroxyl groups is 1. The van der Waals surface area contributed by atoms with Crippen molar-refractivity contribution >= 4 is 10.0 Å². The molecule has 0 bridgehead atoms. The largest absolute Gasteiger partial charge is 0.396 e. The Hall–Kier alpha value is -0.910. The highest BCUT2D eigenvalue weighted by Crippen LogP contribution is 2.26. The van der Waals surface area contributed by atoms with Crippen molar-refractivity contribution in [1.29, 1.82) is 0 Å². The summed E-state index contributed by atoms with van der Waals surface area (Å²) in [6, 6.07) is 5.40. The van der Waals surface area contributed by atoms with Crippen molar-refractivity contribution in [2.75, 3.05) is 6.61 Å². The van der Waals surface area contributed by atoms with Crippen LogP contribution < -0.4 is 4.72 Å². The summed E-state index contributed by atoms with van der Waals surface area (Å²) in [5.74, 6) is 0. The van der Waals surface area contributed by atoms with E-state index in [0.717, 1.165) is 24.8 Å². The van der Waals surface area contributed by atoms with Gasteiger partial charge in [-0.2, -0.15) is 0 Å². The van der Waals surface area contributed by atoms with Crippen LogP contribution in [-0.2, 0) is 22.9 Å². The Morgan fingerprint density at radius 2 is 2.00 bits per heavy atom. The summed E-state index contributed by atoms with van der Waals surface area (Å²) < 4.78 is 27.7. The first-order valence-corrected chi connectivity index (χ1v) is 8.65. The third-order valence-electron chi connectivity index (χ3n) is 4.20. The van der Waals surface area contributed by atoms with Gasteiger partial charge in [-0.25, -0.2) is 13.1 Å². The summed E-state index contributed by atoms with van der Waals surface area (Å²) in [6.45, 7) is 3.71. The van der Waals surface area contributed by atoms with Gasteiger partial charge in [0.05, 0.1) is 4.90 Å². The Kier molecular flexibility index (Phi) is 4.52. The molecule has 5 heteroatoms. The Bertz CT molecular complexity index is 583. The molecule has 0 aromatic heterocycles. The van der Waals surface area contributed by atoms with Crippen LogP contribution in [0.1, 0.15) is 44.2 Å². The molecular formula is C15H23NO3S. The number of sulfonamides is 1. The van der Waals surface area contributed by atoms with Gasteiger partial charge in [0.1, 0.15) is 0 Å². The second-order valence-electron chi connectivity index (χ2n) is 5.78. The number of nitrogens with one attached hydrogen (secondary N) is 1. The van der Waals surface area contributed by atoms with Crippen molar-refractivity contribution in [3.8, 4) is 0 Å². The molecule has 112 valence electrons. The van der Waals surface area contributed by atoms with E-state index >= 15 is 0 Å². The lowest BCUT2D eigenvalue weighted by atomic mass is 9.97. The molecule has 0 radical (unpaired) electrons. The molecule has 1 aliphatic carbocycles. The highest BCUT2D eigenvalue weighted by molar-refractivity contribution is 7.89. The lowest BCUT2D eigenvalue weighted by Gasteiger charge is -2.28. The summed E-state index contributed by atoms with van der Waals surface area (Å²) in [7, 11) is -3.53. The van der Waals surface area contributed by atoms with E-state index < -0.39 is 15.6 Å². The molecule has 0 aliphatic heterocycles. The van der Waals surface area contributed by atoms with Gasteiger partial charge in [-0.3, -0.25) is 0 Å². The fourth-order valence-electron chi connectivity index (χ4n) is 2.65. The number of hydrogen-bond donors (Lipinski definition) is 2. The van der Waals surface area contributed by atoms with E-state index in [1.165, 1.54) is 5.56 Å². The van der Waals surface area contributed by atoms with Gasteiger partial charge in [0, 0.05) is 12.1 Å². The van der Waals surface area contributed by atoms with Crippen LogP contribution in [0.2, 0.25) is 0 Å². The van der Waals surface area contributed by atoms with Gasteiger partial charge in [0.15, 0.2) is 0 Å². The maximum atomic E-state index is 12.5. The van der Waals surface area contributed by atoms with Crippen molar-refractivity contribution in [1.82, 2.24) is 4.72 Å². The molecule has 4 nitrogen and oxygen atoms in total. The van der Waals surface area contributed by atoms with Crippen molar-refractivity contribution in [2.45, 2.75) is 56.4 Å². The zero-order valence-corrected chi connectivity index (χ0v) is 13.0. The third-order valence-corrected chi connectivity index (χ3v) is 5.84. The van der Waals surface area contributed by atoms with Gasteiger partial charge in [0.25, 0.3) is 0 Å². The topological polar surface area (TPSA) is 66.4 Å². The predicted molar refractivity (Wildman–Crippen MR) is 79.2 cm³/mol. The van der Waals surface area contributed by atoms with Crippen molar-refractivity contribution in [3.63, 3.8) is 0 Å². The standard InChI is InChI=1S/C15H23NO3S/c1-3-15(2,9-10-17)16-20(18,19)14-8-7-12-5-4-6-13(12)11-14/h7-8,11,16-17H,3-6,9-10H2,1-2H3. The van der Waals surface area contributed by atoms with Gasteiger partial charge in [-0.1, -0.05) is 13.0 Å². The smallest absolute Gasteiger partial charge is 0.241 e. The molecular weight excluding hydrogens is 274 g/mol. The average Bonchev–Trinajstić information content (AvgIpc) is 2.85. The second-order valence-corrected chi connectivity index (χ2v) is 7.46. The van der Waals surface area contributed by atoms with Gasteiger partial charge >= 0.3 is 0 Å². The summed E-state index contributed by atoms with van der Waals surface area (Å²) in [6.07, 6.45) is 4.15. The minimum atomic E-state index is -3.53.